The van der Waals surface area contributed by atoms with Gasteiger partial charge in [0.15, 0.2) is 0 Å². The molecule has 6 aromatic heterocycles. The summed E-state index contributed by atoms with van der Waals surface area (Å²) in [6.07, 6.45) is 0. The highest BCUT2D eigenvalue weighted by molar-refractivity contribution is 9.10. The third kappa shape index (κ3) is 13.0. The number of benzene rings is 22. The molecule has 0 saturated carbocycles. The first kappa shape index (κ1) is 76.9. The largest absolute Gasteiger partial charge is 0.456 e. The highest BCUT2D eigenvalue weighted by Gasteiger charge is 2.25. The van der Waals surface area contributed by atoms with Crippen LogP contribution in [0.2, 0.25) is 0 Å². The highest BCUT2D eigenvalue weighted by atomic mass is 79.9. The predicted octanol–water partition coefficient (Wildman–Crippen LogP) is 35.2. The second-order valence-corrected chi connectivity index (χ2v) is 35.3. The molecule has 0 aliphatic heterocycles. The highest BCUT2D eigenvalue weighted by Crippen LogP contribution is 2.49. The molecule has 28 rings (SSSR count). The van der Waals surface area contributed by atoms with E-state index in [2.05, 4.69) is 505 Å². The molecular weight excluding hydrogens is 1690 g/mol. The Morgan fingerprint density at radius 3 is 0.970 bits per heavy atom. The number of nitrogens with zero attached hydrogens (tertiary/aromatic N) is 5. The van der Waals surface area contributed by atoms with Crippen LogP contribution < -0.4 is 10.2 Å². The van der Waals surface area contributed by atoms with Gasteiger partial charge in [0.2, 0.25) is 0 Å². The first-order valence-electron chi connectivity index (χ1n) is 45.2. The van der Waals surface area contributed by atoms with E-state index in [-0.39, 0.29) is 0 Å². The predicted molar refractivity (Wildman–Crippen MR) is 564 cm³/mol. The summed E-state index contributed by atoms with van der Waals surface area (Å²) in [4.78, 5) is 2.40. The van der Waals surface area contributed by atoms with Gasteiger partial charge in [-0.25, -0.2) is 0 Å². The molecule has 624 valence electrons. The summed E-state index contributed by atoms with van der Waals surface area (Å²) in [7, 11) is 0. The third-order valence-electron chi connectivity index (χ3n) is 26.8. The fourth-order valence-electron chi connectivity index (χ4n) is 20.9. The van der Waals surface area contributed by atoms with Gasteiger partial charge in [-0.05, 0) is 272 Å². The van der Waals surface area contributed by atoms with Crippen LogP contribution in [0.4, 0.5) is 28.4 Å². The molecule has 6 heterocycles. The summed E-state index contributed by atoms with van der Waals surface area (Å²) in [5.41, 5.74) is 27.9. The van der Waals surface area contributed by atoms with Crippen molar-refractivity contribution in [3.8, 4) is 45.0 Å². The van der Waals surface area contributed by atoms with Crippen molar-refractivity contribution in [3.05, 3.63) is 478 Å². The first-order chi connectivity index (χ1) is 65.9. The van der Waals surface area contributed by atoms with E-state index in [9.17, 15) is 0 Å². The van der Waals surface area contributed by atoms with Crippen LogP contribution in [0, 0.1) is 0 Å². The standard InChI is InChI=1S/C62H39N3O.C34H20BrNO.C28H20N2/c1-3-17-43(18-4-1)64-56-25-13-11-22-49(56)53-36-42(28-32-58(53)64)52-39-61-62(51-24-10-9-21-48(51)52)55-38-47(31-34-60(55)66-61)63(45-29-27-40-15-7-8-16-41(40)35-45)46-30-33-59-54(37-46)50-23-12-14-26-57(50)65(59)44-19-5-2-6-20-44;35-22-15-17-32-29(19-22)34-26-12-5-4-10-24(26)27(20-33(34)37-32)21-14-16-31-28(18-21)25-11-6-7-13-30(25)36(31)23-8-2-1-3-9-23;1-2-10-24(11-3-1)30-27-13-7-6-12-25(27)26-19-23(16-17-28(26)30)29-22-15-14-20-8-4-5-9-21(20)18-22/h1-39H;1-20H;1-19,29H. The van der Waals surface area contributed by atoms with Crippen molar-refractivity contribution in [2.75, 3.05) is 10.2 Å². The molecule has 0 radical (unpaired) electrons. The number of halogens is 1. The smallest absolute Gasteiger partial charge is 0.136 e. The Kier molecular flexibility index (Phi) is 18.3. The molecule has 0 saturated heterocycles. The normalized spacial score (nSPS) is 11.8. The number of aromatic nitrogens is 4. The molecular formula is C124H79BrN6O2. The van der Waals surface area contributed by atoms with Gasteiger partial charge in [-0.3, -0.25) is 0 Å². The van der Waals surface area contributed by atoms with E-state index in [0.29, 0.717) is 0 Å². The van der Waals surface area contributed by atoms with E-state index in [1.807, 2.05) is 12.1 Å². The Bertz CT molecular complexity index is 9530. The Morgan fingerprint density at radius 2 is 0.504 bits per heavy atom. The molecule has 1 N–H and O–H groups in total. The van der Waals surface area contributed by atoms with Crippen LogP contribution in [0.25, 0.3) is 219 Å². The van der Waals surface area contributed by atoms with E-state index in [1.165, 1.54) is 153 Å². The lowest BCUT2D eigenvalue weighted by atomic mass is 9.94. The number of fused-ring (bicyclic) bond motifs is 24. The zero-order valence-electron chi connectivity index (χ0n) is 72.0. The van der Waals surface area contributed by atoms with E-state index in [4.69, 9.17) is 8.83 Å². The second-order valence-electron chi connectivity index (χ2n) is 34.4. The van der Waals surface area contributed by atoms with Gasteiger partial charge < -0.3 is 37.3 Å². The number of para-hydroxylation sites is 8. The lowest BCUT2D eigenvalue weighted by molar-refractivity contribution is 0.669. The van der Waals surface area contributed by atoms with E-state index < -0.39 is 0 Å². The minimum absolute atomic E-state index is 0.859. The maximum Gasteiger partial charge on any atom is 0.136 e. The number of anilines is 5. The lowest BCUT2D eigenvalue weighted by Crippen LogP contribution is -2.10. The van der Waals surface area contributed by atoms with Gasteiger partial charge in [0.1, 0.15) is 22.3 Å². The van der Waals surface area contributed by atoms with Crippen molar-refractivity contribution in [3.63, 3.8) is 0 Å². The molecule has 133 heavy (non-hydrogen) atoms. The third-order valence-corrected chi connectivity index (χ3v) is 27.3. The monoisotopic (exact) mass is 1760 g/mol. The van der Waals surface area contributed by atoms with Gasteiger partial charge in [0.05, 0.1) is 44.1 Å². The SMILES string of the molecule is Brc1ccc2oc3cc(-c4ccc5c(c4)c4ccccc4n5-c4ccccc4)c4ccccc4c3c2c1.c1ccc(-n2c3ccccc3c3cc(-c4cc5oc6ccc(N(c7ccc8ccccc8c7)c7ccc8c(c7)c7ccccc7n8-c7ccccc7)cc6c5c5ccccc45)ccc32)cc1.c1ccc(-n2c3ccccc3c3cc(Nc4ccc5ccccc5c4)ccc32)cc1. The summed E-state index contributed by atoms with van der Waals surface area (Å²) in [6.45, 7) is 0. The fourth-order valence-corrected chi connectivity index (χ4v) is 21.3. The van der Waals surface area contributed by atoms with Crippen molar-refractivity contribution in [2.24, 2.45) is 0 Å². The Labute approximate surface area is 772 Å². The Hall–Kier alpha value is -17.2. The van der Waals surface area contributed by atoms with Gasteiger partial charge >= 0.3 is 0 Å². The van der Waals surface area contributed by atoms with Crippen LogP contribution in [0.3, 0.4) is 0 Å². The minimum atomic E-state index is 0.859. The van der Waals surface area contributed by atoms with E-state index in [1.54, 1.807) is 0 Å². The second kappa shape index (κ2) is 31.6. The van der Waals surface area contributed by atoms with Crippen LogP contribution in [0.15, 0.2) is 486 Å². The molecule has 0 aliphatic carbocycles. The lowest BCUT2D eigenvalue weighted by Gasteiger charge is -2.26. The summed E-state index contributed by atoms with van der Waals surface area (Å²) in [6, 6.07) is 170. The maximum absolute atomic E-state index is 6.87. The first-order valence-corrected chi connectivity index (χ1v) is 46.0. The van der Waals surface area contributed by atoms with Crippen molar-refractivity contribution < 1.29 is 8.83 Å². The number of nitrogens with one attached hydrogen (secondary N) is 1. The molecule has 22 aromatic carbocycles. The van der Waals surface area contributed by atoms with Crippen molar-refractivity contribution in [1.82, 2.24) is 18.3 Å². The topological polar surface area (TPSA) is 61.3 Å². The molecule has 0 amide bonds. The maximum atomic E-state index is 6.87. The van der Waals surface area contributed by atoms with Gasteiger partial charge in [-0.1, -0.05) is 283 Å². The Balaban J connectivity index is 0.000000116. The van der Waals surface area contributed by atoms with Crippen LogP contribution in [0.5, 0.6) is 0 Å². The number of rotatable bonds is 11. The molecule has 0 atom stereocenters. The number of hydrogen-bond donors (Lipinski definition) is 1. The van der Waals surface area contributed by atoms with Crippen LogP contribution in [-0.2, 0) is 0 Å². The molecule has 0 bridgehead atoms. The quantitative estimate of drug-likeness (QED) is 0.140. The molecule has 0 fully saturated rings. The summed E-state index contributed by atoms with van der Waals surface area (Å²) in [5.74, 6) is 0. The van der Waals surface area contributed by atoms with Crippen molar-refractivity contribution in [2.45, 2.75) is 0 Å². The molecule has 0 spiro atoms. The molecule has 0 aliphatic rings. The van der Waals surface area contributed by atoms with Gasteiger partial charge in [0, 0.05) is 120 Å². The van der Waals surface area contributed by atoms with E-state index in [0.717, 1.165) is 99.3 Å². The zero-order valence-corrected chi connectivity index (χ0v) is 73.5. The molecule has 8 nitrogen and oxygen atoms in total. The number of hydrogen-bond acceptors (Lipinski definition) is 4. The summed E-state index contributed by atoms with van der Waals surface area (Å²) >= 11 is 3.64. The van der Waals surface area contributed by atoms with Crippen molar-refractivity contribution in [1.29, 1.82) is 0 Å². The van der Waals surface area contributed by atoms with Crippen LogP contribution in [-0.4, -0.2) is 18.3 Å². The Morgan fingerprint density at radius 1 is 0.195 bits per heavy atom. The van der Waals surface area contributed by atoms with Gasteiger partial charge in [0.25, 0.3) is 0 Å². The molecule has 28 aromatic rings. The molecule has 0 unspecified atom stereocenters. The molecule has 9 heteroatoms. The van der Waals surface area contributed by atoms with Crippen LogP contribution >= 0.6 is 15.9 Å². The average molecular weight is 1760 g/mol. The minimum Gasteiger partial charge on any atom is -0.456 e. The fraction of sp³-hybridized carbons (Fsp3) is 0. The van der Waals surface area contributed by atoms with Gasteiger partial charge in [-0.15, -0.1) is 0 Å². The summed E-state index contributed by atoms with van der Waals surface area (Å²) in [5, 5.41) is 27.7. The van der Waals surface area contributed by atoms with Gasteiger partial charge in [-0.2, -0.15) is 0 Å². The van der Waals surface area contributed by atoms with E-state index >= 15 is 0 Å². The van der Waals surface area contributed by atoms with Crippen LogP contribution in [0.1, 0.15) is 0 Å². The van der Waals surface area contributed by atoms with Crippen molar-refractivity contribution >= 4 is 219 Å². The average Bonchev–Trinajstić information content (AvgIpc) is 1.62. The number of furan rings is 2. The zero-order chi connectivity index (χ0) is 87.7. The summed E-state index contributed by atoms with van der Waals surface area (Å²) < 4.78 is 23.7.